The van der Waals surface area contributed by atoms with Crippen LogP contribution in [0.4, 0.5) is 0 Å². The third-order valence-electron chi connectivity index (χ3n) is 3.64. The van der Waals surface area contributed by atoms with E-state index in [1.165, 1.54) is 11.1 Å². The fraction of sp³-hybridized carbons (Fsp3) is 0.333. The maximum atomic E-state index is 9.79. The van der Waals surface area contributed by atoms with Crippen molar-refractivity contribution in [3.63, 3.8) is 0 Å². The van der Waals surface area contributed by atoms with E-state index in [0.717, 1.165) is 29.0 Å². The van der Waals surface area contributed by atoms with Gasteiger partial charge >= 0.3 is 0 Å². The van der Waals surface area contributed by atoms with Crippen molar-refractivity contribution in [2.45, 2.75) is 40.2 Å². The molecule has 0 bridgehead atoms. The molecule has 0 aliphatic rings. The molecule has 0 spiro atoms. The van der Waals surface area contributed by atoms with Gasteiger partial charge in [0, 0.05) is 0 Å². The number of rotatable bonds is 4. The second-order valence-electron chi connectivity index (χ2n) is 5.30. The Kier molecular flexibility index (Phi) is 4.46. The molecule has 1 atom stereocenters. The lowest BCUT2D eigenvalue weighted by Crippen LogP contribution is -1.95. The van der Waals surface area contributed by atoms with Gasteiger partial charge in [0.1, 0.15) is 11.5 Å². The molecule has 20 heavy (non-hydrogen) atoms. The first-order chi connectivity index (χ1) is 9.51. The fourth-order valence-electron chi connectivity index (χ4n) is 2.23. The number of hydrogen-bond acceptors (Lipinski definition) is 2. The maximum Gasteiger partial charge on any atom is 0.130 e. The summed E-state index contributed by atoms with van der Waals surface area (Å²) < 4.78 is 5.96. The Bertz CT molecular complexity index is 585. The molecular formula is C18H22O2. The molecule has 0 saturated heterocycles. The third kappa shape index (κ3) is 3.20. The van der Waals surface area contributed by atoms with Crippen molar-refractivity contribution in [3.8, 4) is 11.5 Å². The number of ether oxygens (including phenoxy) is 1. The Morgan fingerprint density at radius 1 is 1.05 bits per heavy atom. The SMILES string of the molecule is CCC(O)c1ccc(Oc2cc(C)cc(C)c2C)cc1. The summed E-state index contributed by atoms with van der Waals surface area (Å²) in [6.45, 7) is 8.20. The van der Waals surface area contributed by atoms with Gasteiger partial charge in [-0.2, -0.15) is 0 Å². The molecular weight excluding hydrogens is 248 g/mol. The summed E-state index contributed by atoms with van der Waals surface area (Å²) >= 11 is 0. The highest BCUT2D eigenvalue weighted by Gasteiger charge is 2.07. The van der Waals surface area contributed by atoms with E-state index in [1.54, 1.807) is 0 Å². The standard InChI is InChI=1S/C18H22O2/c1-5-17(19)15-6-8-16(9-7-15)20-18-11-12(2)10-13(3)14(18)4/h6-11,17,19H,5H2,1-4H3. The van der Waals surface area contributed by atoms with E-state index < -0.39 is 6.10 Å². The number of aryl methyl sites for hydroxylation is 2. The smallest absolute Gasteiger partial charge is 0.130 e. The number of benzene rings is 2. The van der Waals surface area contributed by atoms with Crippen LogP contribution in [0.5, 0.6) is 11.5 Å². The summed E-state index contributed by atoms with van der Waals surface area (Å²) in [4.78, 5) is 0. The van der Waals surface area contributed by atoms with Crippen LogP contribution in [0.25, 0.3) is 0 Å². The molecule has 0 aliphatic heterocycles. The molecule has 0 heterocycles. The first-order valence-electron chi connectivity index (χ1n) is 7.05. The average Bonchev–Trinajstić information content (AvgIpc) is 2.44. The van der Waals surface area contributed by atoms with E-state index in [4.69, 9.17) is 4.74 Å². The topological polar surface area (TPSA) is 29.5 Å². The van der Waals surface area contributed by atoms with Crippen LogP contribution in [0.1, 0.15) is 41.7 Å². The number of aliphatic hydroxyl groups excluding tert-OH is 1. The highest BCUT2D eigenvalue weighted by Crippen LogP contribution is 2.29. The van der Waals surface area contributed by atoms with Crippen LogP contribution in [0.2, 0.25) is 0 Å². The number of hydrogen-bond donors (Lipinski definition) is 1. The molecule has 0 radical (unpaired) electrons. The van der Waals surface area contributed by atoms with Gasteiger partial charge in [-0.25, -0.2) is 0 Å². The van der Waals surface area contributed by atoms with Gasteiger partial charge in [0.25, 0.3) is 0 Å². The van der Waals surface area contributed by atoms with Gasteiger partial charge < -0.3 is 9.84 Å². The van der Waals surface area contributed by atoms with Crippen molar-refractivity contribution in [2.24, 2.45) is 0 Å². The Hall–Kier alpha value is -1.80. The lowest BCUT2D eigenvalue weighted by Gasteiger charge is -2.13. The van der Waals surface area contributed by atoms with Crippen LogP contribution in [0.3, 0.4) is 0 Å². The Morgan fingerprint density at radius 2 is 1.70 bits per heavy atom. The first-order valence-corrected chi connectivity index (χ1v) is 7.05. The van der Waals surface area contributed by atoms with E-state index in [-0.39, 0.29) is 0 Å². The molecule has 0 amide bonds. The maximum absolute atomic E-state index is 9.79. The van der Waals surface area contributed by atoms with Crippen molar-refractivity contribution in [2.75, 3.05) is 0 Å². The van der Waals surface area contributed by atoms with Crippen molar-refractivity contribution in [1.29, 1.82) is 0 Å². The van der Waals surface area contributed by atoms with Crippen LogP contribution < -0.4 is 4.74 Å². The summed E-state index contributed by atoms with van der Waals surface area (Å²) in [5.41, 5.74) is 4.52. The Labute approximate surface area is 121 Å². The molecule has 1 N–H and O–H groups in total. The zero-order chi connectivity index (χ0) is 14.7. The lowest BCUT2D eigenvalue weighted by molar-refractivity contribution is 0.173. The minimum atomic E-state index is -0.396. The van der Waals surface area contributed by atoms with E-state index in [1.807, 2.05) is 31.2 Å². The third-order valence-corrected chi connectivity index (χ3v) is 3.64. The summed E-state index contributed by atoms with van der Waals surface area (Å²) in [5.74, 6) is 1.69. The van der Waals surface area contributed by atoms with Crippen LogP contribution in [0, 0.1) is 20.8 Å². The summed E-state index contributed by atoms with van der Waals surface area (Å²) in [6, 6.07) is 11.9. The predicted octanol–water partition coefficient (Wildman–Crippen LogP) is 4.85. The summed E-state index contributed by atoms with van der Waals surface area (Å²) in [7, 11) is 0. The molecule has 0 aromatic heterocycles. The zero-order valence-corrected chi connectivity index (χ0v) is 12.6. The highest BCUT2D eigenvalue weighted by atomic mass is 16.5. The van der Waals surface area contributed by atoms with E-state index in [9.17, 15) is 5.11 Å². The molecule has 0 aliphatic carbocycles. The normalized spacial score (nSPS) is 12.2. The zero-order valence-electron chi connectivity index (χ0n) is 12.6. The van der Waals surface area contributed by atoms with Crippen molar-refractivity contribution in [1.82, 2.24) is 0 Å². The molecule has 0 fully saturated rings. The molecule has 2 rings (SSSR count). The second kappa shape index (κ2) is 6.10. The van der Waals surface area contributed by atoms with Gasteiger partial charge in [-0.05, 0) is 67.6 Å². The van der Waals surface area contributed by atoms with E-state index in [2.05, 4.69) is 32.9 Å². The average molecular weight is 270 g/mol. The largest absolute Gasteiger partial charge is 0.457 e. The molecule has 2 aromatic carbocycles. The predicted molar refractivity (Wildman–Crippen MR) is 82.4 cm³/mol. The van der Waals surface area contributed by atoms with E-state index >= 15 is 0 Å². The fourth-order valence-corrected chi connectivity index (χ4v) is 2.23. The van der Waals surface area contributed by atoms with Crippen molar-refractivity contribution in [3.05, 3.63) is 58.7 Å². The Balaban J connectivity index is 2.22. The minimum absolute atomic E-state index is 0.396. The molecule has 0 saturated carbocycles. The quantitative estimate of drug-likeness (QED) is 0.860. The monoisotopic (exact) mass is 270 g/mol. The van der Waals surface area contributed by atoms with Crippen LogP contribution in [0.15, 0.2) is 36.4 Å². The van der Waals surface area contributed by atoms with Crippen LogP contribution in [-0.4, -0.2) is 5.11 Å². The van der Waals surface area contributed by atoms with Gasteiger partial charge in [-0.1, -0.05) is 25.1 Å². The van der Waals surface area contributed by atoms with Crippen molar-refractivity contribution >= 4 is 0 Å². The lowest BCUT2D eigenvalue weighted by atomic mass is 10.1. The van der Waals surface area contributed by atoms with Crippen LogP contribution >= 0.6 is 0 Å². The number of aliphatic hydroxyl groups is 1. The summed E-state index contributed by atoms with van der Waals surface area (Å²) in [5, 5.41) is 9.79. The van der Waals surface area contributed by atoms with Gasteiger partial charge in [0.05, 0.1) is 6.10 Å². The van der Waals surface area contributed by atoms with Crippen LogP contribution in [-0.2, 0) is 0 Å². The van der Waals surface area contributed by atoms with Gasteiger partial charge in [-0.3, -0.25) is 0 Å². The van der Waals surface area contributed by atoms with Crippen molar-refractivity contribution < 1.29 is 9.84 Å². The molecule has 2 aromatic rings. The summed E-state index contributed by atoms with van der Waals surface area (Å²) in [6.07, 6.45) is 0.322. The van der Waals surface area contributed by atoms with E-state index in [0.29, 0.717) is 0 Å². The Morgan fingerprint density at radius 3 is 2.30 bits per heavy atom. The molecule has 106 valence electrons. The van der Waals surface area contributed by atoms with Gasteiger partial charge in [-0.15, -0.1) is 0 Å². The molecule has 2 nitrogen and oxygen atoms in total. The highest BCUT2D eigenvalue weighted by molar-refractivity contribution is 5.44. The molecule has 2 heteroatoms. The second-order valence-corrected chi connectivity index (χ2v) is 5.30. The first kappa shape index (κ1) is 14.6. The van der Waals surface area contributed by atoms with Gasteiger partial charge in [0.2, 0.25) is 0 Å². The van der Waals surface area contributed by atoms with Gasteiger partial charge in [0.15, 0.2) is 0 Å². The molecule has 1 unspecified atom stereocenters. The minimum Gasteiger partial charge on any atom is -0.457 e.